The lowest BCUT2D eigenvalue weighted by Gasteiger charge is -2.24. The van der Waals surface area contributed by atoms with Crippen molar-refractivity contribution >= 4 is 35.4 Å². The molecular formula is C17H32N8O6. The number of Topliss-reactive ketones (excluding diaryl/α,β-unsaturated/α-hetero) is 2. The Morgan fingerprint density at radius 3 is 1.23 bits per heavy atom. The average Bonchev–Trinajstić information content (AvgIpc) is 2.67. The zero-order valence-corrected chi connectivity index (χ0v) is 17.2. The minimum atomic E-state index is -2.17. The second-order valence-electron chi connectivity index (χ2n) is 7.07. The van der Waals surface area contributed by atoms with Crippen LogP contribution in [0.4, 0.5) is 0 Å². The summed E-state index contributed by atoms with van der Waals surface area (Å²) in [5.41, 5.74) is 27.9. The fourth-order valence-electron chi connectivity index (χ4n) is 2.72. The molecule has 0 aliphatic heterocycles. The van der Waals surface area contributed by atoms with Crippen LogP contribution in [0.1, 0.15) is 44.9 Å². The Balaban J connectivity index is 4.90. The molecular weight excluding hydrogens is 412 g/mol. The highest BCUT2D eigenvalue weighted by Crippen LogP contribution is 2.19. The van der Waals surface area contributed by atoms with E-state index in [-0.39, 0.29) is 70.0 Å². The first-order valence-corrected chi connectivity index (χ1v) is 9.49. The molecule has 2 unspecified atom stereocenters. The fourth-order valence-corrected chi connectivity index (χ4v) is 2.72. The molecule has 14 N–H and O–H groups in total. The summed E-state index contributed by atoms with van der Waals surface area (Å²) in [6.07, 6.45) is -0.948. The van der Waals surface area contributed by atoms with Crippen molar-refractivity contribution in [3.05, 3.63) is 0 Å². The van der Waals surface area contributed by atoms with Crippen LogP contribution in [0.2, 0.25) is 0 Å². The van der Waals surface area contributed by atoms with Crippen LogP contribution in [-0.4, -0.2) is 69.8 Å². The summed E-state index contributed by atoms with van der Waals surface area (Å²) in [6, 6.07) is 0. The van der Waals surface area contributed by atoms with E-state index in [2.05, 4.69) is 9.98 Å². The summed E-state index contributed by atoms with van der Waals surface area (Å²) in [6.45, 7) is 0.184. The van der Waals surface area contributed by atoms with E-state index in [1.165, 1.54) is 0 Å². The Bertz CT molecular complexity index is 672. The number of ketones is 2. The third-order valence-corrected chi connectivity index (χ3v) is 4.61. The van der Waals surface area contributed by atoms with E-state index < -0.39 is 34.6 Å². The average molecular weight is 444 g/mol. The number of guanidine groups is 2. The zero-order valence-electron chi connectivity index (χ0n) is 17.2. The molecule has 0 bridgehead atoms. The topological polar surface area (TPSA) is 290 Å². The maximum Gasteiger partial charge on any atom is 0.331 e. The first-order valence-electron chi connectivity index (χ1n) is 9.49. The number of aliphatic imine (C=N–C) groups is 2. The first-order chi connectivity index (χ1) is 14.3. The molecule has 0 amide bonds. The Morgan fingerprint density at radius 2 is 0.968 bits per heavy atom. The number of hydrogen-bond donors (Lipinski definition) is 8. The van der Waals surface area contributed by atoms with Crippen LogP contribution in [0, 0.1) is 0 Å². The molecule has 0 heterocycles. The summed E-state index contributed by atoms with van der Waals surface area (Å²) < 4.78 is 0. The number of aliphatic carboxylic acids is 2. The first kappa shape index (κ1) is 27.7. The van der Waals surface area contributed by atoms with Crippen LogP contribution in [0.15, 0.2) is 9.98 Å². The van der Waals surface area contributed by atoms with E-state index in [1.54, 1.807) is 0 Å². The lowest BCUT2D eigenvalue weighted by molar-refractivity contribution is -0.149. The summed E-state index contributed by atoms with van der Waals surface area (Å²) in [4.78, 5) is 55.2. The second-order valence-corrected chi connectivity index (χ2v) is 7.07. The van der Waals surface area contributed by atoms with Gasteiger partial charge in [-0.3, -0.25) is 19.6 Å². The van der Waals surface area contributed by atoms with Crippen molar-refractivity contribution in [2.24, 2.45) is 44.4 Å². The fraction of sp³-hybridized carbons (Fsp3) is 0.647. The maximum absolute atomic E-state index is 12.4. The molecule has 0 aromatic heterocycles. The summed E-state index contributed by atoms with van der Waals surface area (Å²) in [5.74, 6) is -5.00. The molecule has 0 saturated heterocycles. The van der Waals surface area contributed by atoms with Crippen LogP contribution in [-0.2, 0) is 19.2 Å². The van der Waals surface area contributed by atoms with Crippen molar-refractivity contribution in [3.63, 3.8) is 0 Å². The monoisotopic (exact) mass is 444 g/mol. The molecule has 0 radical (unpaired) electrons. The molecule has 31 heavy (non-hydrogen) atoms. The third kappa shape index (κ3) is 8.96. The van der Waals surface area contributed by atoms with Crippen LogP contribution in [0.25, 0.3) is 0 Å². The molecule has 0 fully saturated rings. The second kappa shape index (κ2) is 12.4. The molecule has 0 aliphatic rings. The Kier molecular flexibility index (Phi) is 11.1. The van der Waals surface area contributed by atoms with Gasteiger partial charge in [0, 0.05) is 25.9 Å². The maximum atomic E-state index is 12.4. The van der Waals surface area contributed by atoms with Crippen molar-refractivity contribution in [2.75, 3.05) is 13.1 Å². The van der Waals surface area contributed by atoms with Crippen molar-refractivity contribution in [2.45, 2.75) is 56.0 Å². The van der Waals surface area contributed by atoms with Gasteiger partial charge in [0.05, 0.1) is 0 Å². The van der Waals surface area contributed by atoms with Gasteiger partial charge in [0.1, 0.15) is 0 Å². The molecule has 0 rings (SSSR count). The highest BCUT2D eigenvalue weighted by Gasteiger charge is 2.43. The highest BCUT2D eigenvalue weighted by atomic mass is 16.4. The minimum Gasteiger partial charge on any atom is -0.480 e. The number of carboxylic acids is 2. The quantitative estimate of drug-likeness (QED) is 0.0510. The molecule has 14 heteroatoms. The van der Waals surface area contributed by atoms with Crippen LogP contribution in [0.5, 0.6) is 0 Å². The van der Waals surface area contributed by atoms with Gasteiger partial charge in [-0.15, -0.1) is 0 Å². The van der Waals surface area contributed by atoms with Gasteiger partial charge in [-0.2, -0.15) is 0 Å². The molecule has 14 nitrogen and oxygen atoms in total. The van der Waals surface area contributed by atoms with Gasteiger partial charge in [-0.25, -0.2) is 9.59 Å². The number of carbonyl (C=O) groups excluding carboxylic acids is 2. The number of hydrogen-bond acceptors (Lipinski definition) is 8. The van der Waals surface area contributed by atoms with E-state index in [9.17, 15) is 29.4 Å². The van der Waals surface area contributed by atoms with E-state index in [1.807, 2.05) is 0 Å². The lowest BCUT2D eigenvalue weighted by Crippen LogP contribution is -2.56. The molecule has 176 valence electrons. The summed E-state index contributed by atoms with van der Waals surface area (Å²) >= 11 is 0. The number of carbonyl (C=O) groups is 4. The van der Waals surface area contributed by atoms with E-state index in [0.29, 0.717) is 0 Å². The van der Waals surface area contributed by atoms with Crippen LogP contribution < -0.4 is 34.4 Å². The number of nitrogens with zero attached hydrogens (tertiary/aromatic N) is 2. The van der Waals surface area contributed by atoms with Gasteiger partial charge in [0.25, 0.3) is 0 Å². The molecule has 0 spiro atoms. The zero-order chi connectivity index (χ0) is 24.2. The number of carboxylic acid groups (broad SMARTS) is 2. The molecule has 0 saturated carbocycles. The van der Waals surface area contributed by atoms with Gasteiger partial charge in [-0.1, -0.05) is 0 Å². The number of rotatable bonds is 16. The van der Waals surface area contributed by atoms with E-state index in [4.69, 9.17) is 34.4 Å². The molecule has 0 aliphatic carbocycles. The highest BCUT2D eigenvalue weighted by molar-refractivity contribution is 6.09. The van der Waals surface area contributed by atoms with Gasteiger partial charge in [0.2, 0.25) is 0 Å². The van der Waals surface area contributed by atoms with Crippen molar-refractivity contribution in [3.8, 4) is 0 Å². The normalized spacial score (nSPS) is 14.5. The smallest absolute Gasteiger partial charge is 0.331 e. The summed E-state index contributed by atoms with van der Waals surface area (Å²) in [5, 5.41) is 18.7. The summed E-state index contributed by atoms with van der Waals surface area (Å²) in [7, 11) is 0. The van der Waals surface area contributed by atoms with E-state index in [0.717, 1.165) is 0 Å². The van der Waals surface area contributed by atoms with Crippen molar-refractivity contribution in [1.29, 1.82) is 0 Å². The predicted molar refractivity (Wildman–Crippen MR) is 113 cm³/mol. The standard InChI is InChI=1S/C17H32N8O6/c18-14(19)24-8-2-6-16(22,12(28)29)10(26)4-1-5-11(27)17(23,13(30)31)7-3-9-25-15(20)21/h1-9,22-23H2,(H,28,29)(H,30,31)(H4,18,19,24)(H4,20,21,25). The Labute approximate surface area is 179 Å². The van der Waals surface area contributed by atoms with Crippen LogP contribution >= 0.6 is 0 Å². The minimum absolute atomic E-state index is 0.0918. The van der Waals surface area contributed by atoms with Crippen molar-refractivity contribution < 1.29 is 29.4 Å². The Hall–Kier alpha value is -3.26. The lowest BCUT2D eigenvalue weighted by atomic mass is 9.84. The van der Waals surface area contributed by atoms with Gasteiger partial charge >= 0.3 is 11.9 Å². The predicted octanol–water partition coefficient (Wildman–Crippen LogP) is -3.03. The molecule has 2 atom stereocenters. The van der Waals surface area contributed by atoms with E-state index >= 15 is 0 Å². The van der Waals surface area contributed by atoms with Gasteiger partial charge < -0.3 is 44.6 Å². The number of nitrogens with two attached hydrogens (primary N) is 6. The third-order valence-electron chi connectivity index (χ3n) is 4.61. The van der Waals surface area contributed by atoms with Crippen molar-refractivity contribution in [1.82, 2.24) is 0 Å². The largest absolute Gasteiger partial charge is 0.480 e. The van der Waals surface area contributed by atoms with Gasteiger partial charge in [-0.05, 0) is 32.1 Å². The van der Waals surface area contributed by atoms with Crippen LogP contribution in [0.3, 0.4) is 0 Å². The molecule has 0 aromatic carbocycles. The Morgan fingerprint density at radius 1 is 0.645 bits per heavy atom. The molecule has 0 aromatic rings. The van der Waals surface area contributed by atoms with Gasteiger partial charge in [0.15, 0.2) is 34.6 Å². The SMILES string of the molecule is NC(N)=NCCCC(N)(C(=O)O)C(=O)CCCC(=O)C(N)(CCCN=C(N)N)C(=O)O.